The van der Waals surface area contributed by atoms with Gasteiger partial charge in [0, 0.05) is 17.7 Å². The lowest BCUT2D eigenvalue weighted by atomic mass is 10.1. The summed E-state index contributed by atoms with van der Waals surface area (Å²) in [4.78, 5) is 0. The molecule has 0 aliphatic rings. The lowest BCUT2D eigenvalue weighted by Gasteiger charge is -2.11. The Hall–Kier alpha value is -2.52. The van der Waals surface area contributed by atoms with Crippen LogP contribution in [0.5, 0.6) is 5.75 Å². The van der Waals surface area contributed by atoms with Crippen LogP contribution in [0, 0.1) is 0 Å². The maximum atomic E-state index is 5.93. The number of nitrogens with two attached hydrogens (primary N) is 1. The summed E-state index contributed by atoms with van der Waals surface area (Å²) in [7, 11) is 0. The summed E-state index contributed by atoms with van der Waals surface area (Å²) in [5, 5.41) is 0. The van der Waals surface area contributed by atoms with Crippen LogP contribution in [-0.4, -0.2) is 0 Å². The van der Waals surface area contributed by atoms with E-state index in [1.807, 2.05) is 42.5 Å². The van der Waals surface area contributed by atoms with Gasteiger partial charge in [-0.05, 0) is 17.7 Å². The van der Waals surface area contributed by atoms with Crippen molar-refractivity contribution < 1.29 is 9.15 Å². The van der Waals surface area contributed by atoms with Gasteiger partial charge in [0.05, 0.1) is 6.26 Å². The molecule has 0 atom stereocenters. The van der Waals surface area contributed by atoms with E-state index in [-0.39, 0.29) is 0 Å². The van der Waals surface area contributed by atoms with Crippen LogP contribution >= 0.6 is 0 Å². The average molecular weight is 279 g/mol. The molecular weight excluding hydrogens is 262 g/mol. The summed E-state index contributed by atoms with van der Waals surface area (Å²) in [6.45, 7) is 0.832. The summed E-state index contributed by atoms with van der Waals surface area (Å²) in [6, 6.07) is 20.0. The van der Waals surface area contributed by atoms with Gasteiger partial charge >= 0.3 is 0 Å². The Balaban J connectivity index is 1.83. The highest BCUT2D eigenvalue weighted by Crippen LogP contribution is 2.30. The summed E-state index contributed by atoms with van der Waals surface area (Å²) in [5.74, 6) is 1.61. The third kappa shape index (κ3) is 2.98. The molecule has 0 amide bonds. The van der Waals surface area contributed by atoms with Crippen LogP contribution in [0.2, 0.25) is 0 Å². The molecule has 0 saturated carbocycles. The van der Waals surface area contributed by atoms with Crippen LogP contribution in [-0.2, 0) is 13.2 Å². The number of para-hydroxylation sites is 1. The minimum Gasteiger partial charge on any atom is -0.485 e. The van der Waals surface area contributed by atoms with E-state index in [0.717, 1.165) is 28.2 Å². The van der Waals surface area contributed by atoms with Crippen LogP contribution in [0.1, 0.15) is 11.3 Å². The van der Waals surface area contributed by atoms with E-state index >= 15 is 0 Å². The number of hydrogen-bond donors (Lipinski definition) is 1. The van der Waals surface area contributed by atoms with E-state index in [1.54, 1.807) is 6.26 Å². The molecule has 1 aromatic heterocycles. The normalized spacial score (nSPS) is 10.5. The van der Waals surface area contributed by atoms with Crippen molar-refractivity contribution in [2.24, 2.45) is 5.73 Å². The van der Waals surface area contributed by atoms with Crippen LogP contribution in [0.25, 0.3) is 11.1 Å². The second-order valence-corrected chi connectivity index (χ2v) is 4.72. The van der Waals surface area contributed by atoms with Crippen molar-refractivity contribution in [2.75, 3.05) is 0 Å². The fourth-order valence-electron chi connectivity index (χ4n) is 2.27. The van der Waals surface area contributed by atoms with Gasteiger partial charge in [0.15, 0.2) is 0 Å². The van der Waals surface area contributed by atoms with E-state index in [0.29, 0.717) is 13.2 Å². The van der Waals surface area contributed by atoms with Gasteiger partial charge in [0.1, 0.15) is 18.1 Å². The number of rotatable bonds is 5. The van der Waals surface area contributed by atoms with Gasteiger partial charge < -0.3 is 14.9 Å². The van der Waals surface area contributed by atoms with E-state index < -0.39 is 0 Å². The smallest absolute Gasteiger partial charge is 0.146 e. The second-order valence-electron chi connectivity index (χ2n) is 4.72. The van der Waals surface area contributed by atoms with Crippen LogP contribution in [0.15, 0.2) is 71.3 Å². The van der Waals surface area contributed by atoms with Crippen molar-refractivity contribution >= 4 is 0 Å². The van der Waals surface area contributed by atoms with Gasteiger partial charge in [-0.3, -0.25) is 0 Å². The van der Waals surface area contributed by atoms with Gasteiger partial charge in [-0.15, -0.1) is 0 Å². The Morgan fingerprint density at radius 3 is 2.48 bits per heavy atom. The van der Waals surface area contributed by atoms with Crippen molar-refractivity contribution in [1.29, 1.82) is 0 Å². The third-order valence-electron chi connectivity index (χ3n) is 3.39. The van der Waals surface area contributed by atoms with E-state index in [1.165, 1.54) is 0 Å². The molecule has 2 N–H and O–H groups in total. The highest BCUT2D eigenvalue weighted by molar-refractivity contribution is 5.70. The molecule has 2 aromatic carbocycles. The molecule has 0 spiro atoms. The quantitative estimate of drug-likeness (QED) is 0.768. The van der Waals surface area contributed by atoms with Crippen molar-refractivity contribution in [3.8, 4) is 16.9 Å². The van der Waals surface area contributed by atoms with Crippen LogP contribution < -0.4 is 10.5 Å². The Morgan fingerprint density at radius 2 is 1.67 bits per heavy atom. The van der Waals surface area contributed by atoms with Gasteiger partial charge in [0.2, 0.25) is 0 Å². The summed E-state index contributed by atoms with van der Waals surface area (Å²) in [6.07, 6.45) is 1.64. The maximum absolute atomic E-state index is 5.93. The second kappa shape index (κ2) is 6.29. The molecule has 0 fully saturated rings. The summed E-state index contributed by atoms with van der Waals surface area (Å²) < 4.78 is 11.3. The van der Waals surface area contributed by atoms with E-state index in [4.69, 9.17) is 14.9 Å². The largest absolute Gasteiger partial charge is 0.485 e. The first-order valence-electron chi connectivity index (χ1n) is 6.91. The molecule has 3 aromatic rings. The first-order valence-corrected chi connectivity index (χ1v) is 6.91. The highest BCUT2D eigenvalue weighted by Gasteiger charge is 2.09. The molecule has 1 heterocycles. The highest BCUT2D eigenvalue weighted by atomic mass is 16.5. The van der Waals surface area contributed by atoms with E-state index in [2.05, 4.69) is 18.2 Å². The lowest BCUT2D eigenvalue weighted by Crippen LogP contribution is -2.02. The predicted octanol–water partition coefficient (Wildman–Crippen LogP) is 3.98. The van der Waals surface area contributed by atoms with Gasteiger partial charge in [-0.2, -0.15) is 0 Å². The molecule has 0 aliphatic heterocycles. The molecule has 0 aliphatic carbocycles. The first-order chi connectivity index (χ1) is 10.4. The topological polar surface area (TPSA) is 48.4 Å². The minimum absolute atomic E-state index is 0.378. The van der Waals surface area contributed by atoms with Crippen molar-refractivity contribution in [2.45, 2.75) is 13.2 Å². The van der Waals surface area contributed by atoms with Gasteiger partial charge in [-0.25, -0.2) is 0 Å². The standard InChI is InChI=1S/C18H17NO2/c19-12-15-10-11-20-18(15)13-21-17-9-5-4-8-16(17)14-6-2-1-3-7-14/h1-11H,12-13,19H2. The first kappa shape index (κ1) is 13.5. The zero-order chi connectivity index (χ0) is 14.5. The zero-order valence-corrected chi connectivity index (χ0v) is 11.7. The molecule has 3 rings (SSSR count). The van der Waals surface area contributed by atoms with E-state index in [9.17, 15) is 0 Å². The van der Waals surface area contributed by atoms with Gasteiger partial charge in [0.25, 0.3) is 0 Å². The van der Waals surface area contributed by atoms with Crippen molar-refractivity contribution in [1.82, 2.24) is 0 Å². The Kier molecular flexibility index (Phi) is 4.03. The predicted molar refractivity (Wildman–Crippen MR) is 82.8 cm³/mol. The maximum Gasteiger partial charge on any atom is 0.146 e. The van der Waals surface area contributed by atoms with Crippen molar-refractivity contribution in [3.63, 3.8) is 0 Å². The summed E-state index contributed by atoms with van der Waals surface area (Å²) >= 11 is 0. The molecule has 0 saturated heterocycles. The molecule has 21 heavy (non-hydrogen) atoms. The lowest BCUT2D eigenvalue weighted by molar-refractivity contribution is 0.269. The third-order valence-corrected chi connectivity index (χ3v) is 3.39. The molecule has 0 bridgehead atoms. The number of ether oxygens (including phenoxy) is 1. The zero-order valence-electron chi connectivity index (χ0n) is 11.7. The van der Waals surface area contributed by atoms with Crippen LogP contribution in [0.4, 0.5) is 0 Å². The monoisotopic (exact) mass is 279 g/mol. The minimum atomic E-state index is 0.378. The molecule has 3 heteroatoms. The summed E-state index contributed by atoms with van der Waals surface area (Å²) in [5.41, 5.74) is 8.85. The van der Waals surface area contributed by atoms with Crippen LogP contribution in [0.3, 0.4) is 0 Å². The molecule has 3 nitrogen and oxygen atoms in total. The van der Waals surface area contributed by atoms with Gasteiger partial charge in [-0.1, -0.05) is 48.5 Å². The van der Waals surface area contributed by atoms with Crippen molar-refractivity contribution in [3.05, 3.63) is 78.3 Å². The molecular formula is C18H17NO2. The number of furan rings is 1. The molecule has 106 valence electrons. The molecule has 0 radical (unpaired) electrons. The fourth-order valence-corrected chi connectivity index (χ4v) is 2.27. The average Bonchev–Trinajstić information content (AvgIpc) is 3.01. The Bertz CT molecular complexity index is 704. The number of benzene rings is 2. The Morgan fingerprint density at radius 1 is 0.905 bits per heavy atom. The molecule has 0 unspecified atom stereocenters. The fraction of sp³-hybridized carbons (Fsp3) is 0.111. The SMILES string of the molecule is NCc1ccoc1COc1ccccc1-c1ccccc1. The Labute approximate surface area is 124 Å². The number of hydrogen-bond acceptors (Lipinski definition) is 3.